The van der Waals surface area contributed by atoms with Crippen molar-refractivity contribution in [2.75, 3.05) is 39.8 Å². The fourth-order valence-electron chi connectivity index (χ4n) is 4.53. The first kappa shape index (κ1) is 28.3. The van der Waals surface area contributed by atoms with E-state index in [4.69, 9.17) is 4.74 Å². The van der Waals surface area contributed by atoms with E-state index in [-0.39, 0.29) is 36.8 Å². The Labute approximate surface area is 214 Å². The third-order valence-corrected chi connectivity index (χ3v) is 6.40. The molecule has 0 aromatic heterocycles. The van der Waals surface area contributed by atoms with Crippen LogP contribution < -0.4 is 10.6 Å². The van der Waals surface area contributed by atoms with Gasteiger partial charge in [-0.15, -0.1) is 0 Å². The molecule has 37 heavy (non-hydrogen) atoms. The van der Waals surface area contributed by atoms with Crippen LogP contribution in [0.5, 0.6) is 0 Å². The van der Waals surface area contributed by atoms with Gasteiger partial charge in [0, 0.05) is 51.0 Å². The molecule has 2 aliphatic rings. The summed E-state index contributed by atoms with van der Waals surface area (Å²) in [7, 11) is 1.53. The van der Waals surface area contributed by atoms with Crippen molar-refractivity contribution in [3.8, 4) is 0 Å². The molecule has 2 aliphatic heterocycles. The van der Waals surface area contributed by atoms with Gasteiger partial charge in [-0.25, -0.2) is 14.4 Å². The summed E-state index contributed by atoms with van der Waals surface area (Å²) in [6.07, 6.45) is -4.51. The highest BCUT2D eigenvalue weighted by Gasteiger charge is 2.39. The molecule has 2 atom stereocenters. The Bertz CT molecular complexity index is 1040. The summed E-state index contributed by atoms with van der Waals surface area (Å²) >= 11 is 0. The Hall–Kier alpha value is -3.28. The number of alkyl halides is 3. The minimum atomic E-state index is -4.51. The number of amides is 4. The summed E-state index contributed by atoms with van der Waals surface area (Å²) < 4.78 is 44.5. The molecule has 3 rings (SSSR count). The summed E-state index contributed by atoms with van der Waals surface area (Å²) in [6.45, 7) is 9.14. The van der Waals surface area contributed by atoms with Gasteiger partial charge in [-0.05, 0) is 45.4 Å². The lowest BCUT2D eigenvalue weighted by molar-refractivity contribution is -0.139. The number of rotatable bonds is 6. The highest BCUT2D eigenvalue weighted by molar-refractivity contribution is 5.95. The molecule has 0 unspecified atom stereocenters. The number of hydrogen-bond donors (Lipinski definition) is 2. The molecule has 1 saturated heterocycles. The smallest absolute Gasteiger partial charge is 0.416 e. The molecule has 1 aromatic carbocycles. The van der Waals surface area contributed by atoms with Crippen LogP contribution in [0, 0.1) is 0 Å². The van der Waals surface area contributed by atoms with Gasteiger partial charge in [-0.2, -0.15) is 13.2 Å². The van der Waals surface area contributed by atoms with E-state index in [1.165, 1.54) is 24.1 Å². The fourth-order valence-corrected chi connectivity index (χ4v) is 4.53. The third kappa shape index (κ3) is 6.54. The predicted molar refractivity (Wildman–Crippen MR) is 130 cm³/mol. The minimum Gasteiger partial charge on any atom is -0.463 e. The van der Waals surface area contributed by atoms with Crippen LogP contribution in [0.3, 0.4) is 0 Å². The van der Waals surface area contributed by atoms with E-state index in [0.717, 1.165) is 12.1 Å². The van der Waals surface area contributed by atoms with Gasteiger partial charge in [0.15, 0.2) is 0 Å². The molecule has 0 bridgehead atoms. The van der Waals surface area contributed by atoms with Crippen LogP contribution in [0.2, 0.25) is 0 Å². The molecule has 0 radical (unpaired) electrons. The van der Waals surface area contributed by atoms with Crippen LogP contribution in [-0.4, -0.2) is 84.6 Å². The van der Waals surface area contributed by atoms with Crippen molar-refractivity contribution in [3.05, 3.63) is 46.7 Å². The number of carbonyl (C=O) groups excluding carboxylic acids is 3. The summed E-state index contributed by atoms with van der Waals surface area (Å²) in [4.78, 5) is 43.6. The van der Waals surface area contributed by atoms with Crippen LogP contribution in [0.4, 0.5) is 22.8 Å². The van der Waals surface area contributed by atoms with Crippen molar-refractivity contribution in [2.24, 2.45) is 0 Å². The number of esters is 1. The molecule has 2 heterocycles. The zero-order valence-corrected chi connectivity index (χ0v) is 21.7. The number of nitrogens with zero attached hydrogens (tertiary/aromatic N) is 3. The number of nitrogens with one attached hydrogen (secondary N) is 2. The monoisotopic (exact) mass is 525 g/mol. The lowest BCUT2D eigenvalue weighted by atomic mass is 9.93. The van der Waals surface area contributed by atoms with E-state index < -0.39 is 29.8 Å². The zero-order chi connectivity index (χ0) is 27.5. The Morgan fingerprint density at radius 1 is 1.19 bits per heavy atom. The average molecular weight is 526 g/mol. The topological polar surface area (TPSA) is 94.2 Å². The van der Waals surface area contributed by atoms with Crippen molar-refractivity contribution in [1.29, 1.82) is 0 Å². The molecule has 12 heteroatoms. The van der Waals surface area contributed by atoms with E-state index in [0.29, 0.717) is 30.9 Å². The molecule has 204 valence electrons. The van der Waals surface area contributed by atoms with E-state index >= 15 is 0 Å². The maximum atomic E-state index is 13.1. The summed E-state index contributed by atoms with van der Waals surface area (Å²) in [5.41, 5.74) is 0.0695. The van der Waals surface area contributed by atoms with Crippen molar-refractivity contribution in [3.63, 3.8) is 0 Å². The highest BCUT2D eigenvalue weighted by atomic mass is 19.4. The van der Waals surface area contributed by atoms with Crippen molar-refractivity contribution >= 4 is 18.0 Å². The summed E-state index contributed by atoms with van der Waals surface area (Å²) in [5.74, 6) is -0.655. The second kappa shape index (κ2) is 11.4. The van der Waals surface area contributed by atoms with Crippen molar-refractivity contribution in [1.82, 2.24) is 25.3 Å². The van der Waals surface area contributed by atoms with Gasteiger partial charge in [-0.1, -0.05) is 12.1 Å². The largest absolute Gasteiger partial charge is 0.463 e. The second-order valence-electron chi connectivity index (χ2n) is 9.52. The van der Waals surface area contributed by atoms with Gasteiger partial charge < -0.3 is 20.3 Å². The Kier molecular flexibility index (Phi) is 8.72. The number of carbonyl (C=O) groups is 3. The lowest BCUT2D eigenvalue weighted by Crippen LogP contribution is -2.58. The molecule has 1 fully saturated rings. The first-order valence-corrected chi connectivity index (χ1v) is 12.2. The van der Waals surface area contributed by atoms with Crippen LogP contribution in [-0.2, 0) is 15.7 Å². The van der Waals surface area contributed by atoms with Gasteiger partial charge in [0.2, 0.25) is 0 Å². The Balaban J connectivity index is 1.92. The predicted octanol–water partition coefficient (Wildman–Crippen LogP) is 3.34. The number of hydrogen-bond acceptors (Lipinski definition) is 5. The minimum absolute atomic E-state index is 0.00607. The highest BCUT2D eigenvalue weighted by Crippen LogP contribution is 2.34. The van der Waals surface area contributed by atoms with Gasteiger partial charge in [0.25, 0.3) is 0 Å². The van der Waals surface area contributed by atoms with Crippen LogP contribution in [0.25, 0.3) is 0 Å². The molecular weight excluding hydrogens is 491 g/mol. The average Bonchev–Trinajstić information content (AvgIpc) is 2.81. The van der Waals surface area contributed by atoms with E-state index in [1.54, 1.807) is 11.8 Å². The lowest BCUT2D eigenvalue weighted by Gasteiger charge is -2.42. The van der Waals surface area contributed by atoms with Gasteiger partial charge in [0.1, 0.15) is 0 Å². The summed E-state index contributed by atoms with van der Waals surface area (Å²) in [5, 5.41) is 5.61. The van der Waals surface area contributed by atoms with E-state index in [1.807, 2.05) is 25.7 Å². The van der Waals surface area contributed by atoms with Crippen LogP contribution >= 0.6 is 0 Å². The second-order valence-corrected chi connectivity index (χ2v) is 9.52. The van der Waals surface area contributed by atoms with E-state index in [2.05, 4.69) is 10.6 Å². The molecule has 0 aliphatic carbocycles. The molecule has 0 saturated carbocycles. The fraction of sp³-hybridized carbons (Fsp3) is 0.560. The zero-order valence-electron chi connectivity index (χ0n) is 21.7. The maximum Gasteiger partial charge on any atom is 0.416 e. The normalized spacial score (nSPS) is 21.3. The standard InChI is InChI=1S/C25H34F3N5O4/c1-6-37-22(34)20-19(14-32-11-12-33(16(4)13-32)24(36)29-15(2)3)31(5)23(35)30-21(20)17-7-9-18(10-8-17)25(26,27)28/h7-10,15-16,21H,6,11-14H2,1-5H3,(H,29,36)(H,30,35)/t16-,21-/m0/s1. The third-order valence-electron chi connectivity index (χ3n) is 6.40. The van der Waals surface area contributed by atoms with Crippen LogP contribution in [0.1, 0.15) is 44.9 Å². The quantitative estimate of drug-likeness (QED) is 0.556. The van der Waals surface area contributed by atoms with Gasteiger partial charge >= 0.3 is 24.2 Å². The van der Waals surface area contributed by atoms with Gasteiger partial charge in [-0.3, -0.25) is 9.80 Å². The first-order valence-electron chi connectivity index (χ1n) is 12.2. The number of benzene rings is 1. The van der Waals surface area contributed by atoms with Crippen molar-refractivity contribution < 1.29 is 32.3 Å². The Morgan fingerprint density at radius 2 is 1.84 bits per heavy atom. The Morgan fingerprint density at radius 3 is 2.38 bits per heavy atom. The van der Waals surface area contributed by atoms with Gasteiger partial charge in [0.05, 0.1) is 23.8 Å². The molecule has 0 spiro atoms. The molecule has 9 nitrogen and oxygen atoms in total. The number of piperazine rings is 1. The number of urea groups is 2. The van der Waals surface area contributed by atoms with Crippen LogP contribution in [0.15, 0.2) is 35.5 Å². The first-order chi connectivity index (χ1) is 17.3. The van der Waals surface area contributed by atoms with Crippen molar-refractivity contribution in [2.45, 2.75) is 52.0 Å². The number of likely N-dealkylation sites (N-methyl/N-ethyl adjacent to an activating group) is 1. The maximum absolute atomic E-state index is 13.1. The molecular formula is C25H34F3N5O4. The summed E-state index contributed by atoms with van der Waals surface area (Å²) in [6, 6.07) is 2.63. The molecule has 4 amide bonds. The number of halogens is 3. The SMILES string of the molecule is CCOC(=O)C1=C(CN2CCN(C(=O)NC(C)C)[C@@H](C)C2)N(C)C(=O)N[C@H]1c1ccc(C(F)(F)F)cc1. The molecule has 1 aromatic rings. The molecule has 2 N–H and O–H groups in total. The number of ether oxygens (including phenoxy) is 1. The van der Waals surface area contributed by atoms with E-state index in [9.17, 15) is 27.6 Å².